The molecule has 1 aromatic carbocycles. The minimum atomic E-state index is -0.638. The molecule has 0 fully saturated rings. The summed E-state index contributed by atoms with van der Waals surface area (Å²) in [4.78, 5) is 26.1. The molecule has 1 aromatic heterocycles. The Labute approximate surface area is 119 Å². The van der Waals surface area contributed by atoms with Crippen LogP contribution >= 0.6 is 0 Å². The molecule has 0 saturated heterocycles. The van der Waals surface area contributed by atoms with Crippen LogP contribution in [0.3, 0.4) is 0 Å². The summed E-state index contributed by atoms with van der Waals surface area (Å²) in [6.45, 7) is 0. The van der Waals surface area contributed by atoms with Crippen molar-refractivity contribution >= 4 is 23.0 Å². The van der Waals surface area contributed by atoms with Crippen molar-refractivity contribution in [3.63, 3.8) is 0 Å². The molecule has 1 amide bonds. The van der Waals surface area contributed by atoms with Crippen LogP contribution in [-0.4, -0.2) is 22.9 Å². The number of pyridine rings is 1. The fourth-order valence-corrected chi connectivity index (χ4v) is 1.62. The quantitative estimate of drug-likeness (QED) is 0.503. The molecule has 0 atom stereocenters. The zero-order chi connectivity index (χ0) is 15.4. The maximum absolute atomic E-state index is 12.0. The van der Waals surface area contributed by atoms with Crippen molar-refractivity contribution in [3.05, 3.63) is 52.2 Å². The third-order valence-electron chi connectivity index (χ3n) is 2.69. The second kappa shape index (κ2) is 5.87. The molecule has 0 saturated carbocycles. The van der Waals surface area contributed by atoms with Crippen LogP contribution in [0.25, 0.3) is 0 Å². The highest BCUT2D eigenvalue weighted by atomic mass is 16.6. The van der Waals surface area contributed by atoms with Gasteiger partial charge in [0.25, 0.3) is 11.6 Å². The van der Waals surface area contributed by atoms with Crippen LogP contribution in [0.15, 0.2) is 36.5 Å². The molecule has 0 bridgehead atoms. The highest BCUT2D eigenvalue weighted by Gasteiger charge is 2.15. The smallest absolute Gasteiger partial charge is 0.292 e. The number of rotatable bonds is 4. The topological polar surface area (TPSA) is 120 Å². The fraction of sp³-hybridized carbons (Fsp3) is 0.0769. The molecular weight excluding hydrogens is 276 g/mol. The molecular formula is C13H12N4O4. The molecule has 2 rings (SSSR count). The Kier molecular flexibility index (Phi) is 3.98. The first kappa shape index (κ1) is 14.3. The van der Waals surface area contributed by atoms with Crippen molar-refractivity contribution in [3.8, 4) is 5.88 Å². The van der Waals surface area contributed by atoms with Gasteiger partial charge in [0.2, 0.25) is 5.88 Å². The van der Waals surface area contributed by atoms with Gasteiger partial charge in [0.15, 0.2) is 0 Å². The van der Waals surface area contributed by atoms with Gasteiger partial charge in [0.1, 0.15) is 5.69 Å². The number of nitro benzene ring substituents is 1. The van der Waals surface area contributed by atoms with E-state index in [0.29, 0.717) is 11.6 Å². The number of aromatic nitrogens is 1. The number of nitrogens with one attached hydrogen (secondary N) is 1. The van der Waals surface area contributed by atoms with Crippen LogP contribution in [0.2, 0.25) is 0 Å². The number of carbonyl (C=O) groups excluding carboxylic acids is 1. The first-order valence-corrected chi connectivity index (χ1v) is 5.86. The van der Waals surface area contributed by atoms with Gasteiger partial charge in [-0.2, -0.15) is 0 Å². The highest BCUT2D eigenvalue weighted by Crippen LogP contribution is 2.23. The Bertz CT molecular complexity index is 685. The highest BCUT2D eigenvalue weighted by molar-refractivity contribution is 6.05. The number of benzene rings is 1. The lowest BCUT2D eigenvalue weighted by Gasteiger charge is -2.06. The summed E-state index contributed by atoms with van der Waals surface area (Å²) < 4.78 is 4.90. The minimum absolute atomic E-state index is 0.00247. The second-order valence-electron chi connectivity index (χ2n) is 4.07. The number of hydrogen-bond donors (Lipinski definition) is 2. The van der Waals surface area contributed by atoms with Crippen molar-refractivity contribution in [2.24, 2.45) is 0 Å². The molecule has 0 radical (unpaired) electrons. The summed E-state index contributed by atoms with van der Waals surface area (Å²) in [5.41, 5.74) is 5.75. The third kappa shape index (κ3) is 3.24. The SMILES string of the molecule is COc1ccc(NC(=O)c2ccc(N)c([N+](=O)[O-])c2)cn1. The van der Waals surface area contributed by atoms with E-state index < -0.39 is 10.8 Å². The first-order chi connectivity index (χ1) is 10.0. The molecule has 8 heteroatoms. The van der Waals surface area contributed by atoms with E-state index in [0.717, 1.165) is 6.07 Å². The number of hydrogen-bond acceptors (Lipinski definition) is 6. The number of ether oxygens (including phenoxy) is 1. The van der Waals surface area contributed by atoms with Gasteiger partial charge in [-0.3, -0.25) is 14.9 Å². The Balaban J connectivity index is 2.19. The van der Waals surface area contributed by atoms with Gasteiger partial charge in [-0.1, -0.05) is 0 Å². The number of nitrogens with zero attached hydrogens (tertiary/aromatic N) is 2. The number of methoxy groups -OCH3 is 1. The number of nitro groups is 1. The Morgan fingerprint density at radius 3 is 2.71 bits per heavy atom. The molecule has 108 valence electrons. The number of carbonyl (C=O) groups is 1. The van der Waals surface area contributed by atoms with Crippen LogP contribution in [0, 0.1) is 10.1 Å². The van der Waals surface area contributed by atoms with E-state index in [9.17, 15) is 14.9 Å². The van der Waals surface area contributed by atoms with Gasteiger partial charge < -0.3 is 15.8 Å². The maximum Gasteiger partial charge on any atom is 0.292 e. The lowest BCUT2D eigenvalue weighted by atomic mass is 10.1. The molecule has 8 nitrogen and oxygen atoms in total. The number of nitrogens with two attached hydrogens (primary N) is 1. The van der Waals surface area contributed by atoms with Gasteiger partial charge in [-0.05, 0) is 18.2 Å². The standard InChI is InChI=1S/C13H12N4O4/c1-21-12-5-3-9(7-15-12)16-13(18)8-2-4-10(14)11(6-8)17(19)20/h2-7H,14H2,1H3,(H,16,18). The third-order valence-corrected chi connectivity index (χ3v) is 2.69. The second-order valence-corrected chi connectivity index (χ2v) is 4.07. The zero-order valence-electron chi connectivity index (χ0n) is 11.1. The first-order valence-electron chi connectivity index (χ1n) is 5.86. The van der Waals surface area contributed by atoms with E-state index in [1.165, 1.54) is 25.4 Å². The zero-order valence-corrected chi connectivity index (χ0v) is 11.1. The minimum Gasteiger partial charge on any atom is -0.481 e. The summed E-state index contributed by atoms with van der Waals surface area (Å²) in [6.07, 6.45) is 1.42. The van der Waals surface area contributed by atoms with Gasteiger partial charge in [-0.25, -0.2) is 4.98 Å². The molecule has 0 aliphatic rings. The summed E-state index contributed by atoms with van der Waals surface area (Å²) in [5.74, 6) is -0.0822. The summed E-state index contributed by atoms with van der Waals surface area (Å²) in [7, 11) is 1.48. The Morgan fingerprint density at radius 2 is 2.14 bits per heavy atom. The molecule has 0 aliphatic carbocycles. The van der Waals surface area contributed by atoms with E-state index in [-0.39, 0.29) is 16.9 Å². The van der Waals surface area contributed by atoms with Crippen molar-refractivity contribution in [2.45, 2.75) is 0 Å². The molecule has 21 heavy (non-hydrogen) atoms. The van der Waals surface area contributed by atoms with Crippen LogP contribution < -0.4 is 15.8 Å². The van der Waals surface area contributed by atoms with E-state index in [2.05, 4.69) is 10.3 Å². The molecule has 0 spiro atoms. The van der Waals surface area contributed by atoms with Gasteiger partial charge in [-0.15, -0.1) is 0 Å². The van der Waals surface area contributed by atoms with E-state index in [1.807, 2.05) is 0 Å². The van der Waals surface area contributed by atoms with E-state index in [1.54, 1.807) is 12.1 Å². The molecule has 0 aliphatic heterocycles. The summed E-state index contributed by atoms with van der Waals surface area (Å²) in [5, 5.41) is 13.4. The van der Waals surface area contributed by atoms with Crippen molar-refractivity contribution in [2.75, 3.05) is 18.2 Å². The summed E-state index contributed by atoms with van der Waals surface area (Å²) >= 11 is 0. The van der Waals surface area contributed by atoms with E-state index in [4.69, 9.17) is 10.5 Å². The normalized spacial score (nSPS) is 9.95. The van der Waals surface area contributed by atoms with Crippen molar-refractivity contribution in [1.82, 2.24) is 4.98 Å². The Hall–Kier alpha value is -3.16. The molecule has 3 N–H and O–H groups in total. The fourth-order valence-electron chi connectivity index (χ4n) is 1.62. The predicted octanol–water partition coefficient (Wildman–Crippen LogP) is 1.83. The lowest BCUT2D eigenvalue weighted by Crippen LogP contribution is -2.12. The maximum atomic E-state index is 12.0. The van der Waals surface area contributed by atoms with Crippen LogP contribution in [-0.2, 0) is 0 Å². The summed E-state index contributed by atoms with van der Waals surface area (Å²) in [6, 6.07) is 7.05. The van der Waals surface area contributed by atoms with Crippen LogP contribution in [0.4, 0.5) is 17.1 Å². The van der Waals surface area contributed by atoms with Crippen LogP contribution in [0.5, 0.6) is 5.88 Å². The monoisotopic (exact) mass is 288 g/mol. The van der Waals surface area contributed by atoms with Gasteiger partial charge in [0, 0.05) is 17.7 Å². The number of anilines is 2. The predicted molar refractivity (Wildman–Crippen MR) is 76.3 cm³/mol. The Morgan fingerprint density at radius 1 is 1.38 bits per heavy atom. The number of nitrogen functional groups attached to an aromatic ring is 1. The van der Waals surface area contributed by atoms with E-state index >= 15 is 0 Å². The van der Waals surface area contributed by atoms with Crippen molar-refractivity contribution in [1.29, 1.82) is 0 Å². The van der Waals surface area contributed by atoms with Gasteiger partial charge in [0.05, 0.1) is 23.9 Å². The lowest BCUT2D eigenvalue weighted by molar-refractivity contribution is -0.383. The average Bonchev–Trinajstić information content (AvgIpc) is 2.48. The van der Waals surface area contributed by atoms with Gasteiger partial charge >= 0.3 is 0 Å². The average molecular weight is 288 g/mol. The number of amides is 1. The largest absolute Gasteiger partial charge is 0.481 e. The van der Waals surface area contributed by atoms with Crippen molar-refractivity contribution < 1.29 is 14.5 Å². The molecule has 0 unspecified atom stereocenters. The molecule has 1 heterocycles. The molecule has 2 aromatic rings. The van der Waals surface area contributed by atoms with Crippen LogP contribution in [0.1, 0.15) is 10.4 Å².